The Morgan fingerprint density at radius 2 is 2.53 bits per heavy atom. The number of nitrogens with zero attached hydrogens (tertiary/aromatic N) is 2. The van der Waals surface area contributed by atoms with Gasteiger partial charge in [-0.25, -0.2) is 9.78 Å². The molecule has 88 valence electrons. The summed E-state index contributed by atoms with van der Waals surface area (Å²) in [6.45, 7) is 0.911. The second-order valence-electron chi connectivity index (χ2n) is 3.85. The number of aromatic carboxylic acids is 1. The average molecular weight is 250 g/mol. The summed E-state index contributed by atoms with van der Waals surface area (Å²) in [7, 11) is 0. The maximum absolute atomic E-state index is 10.9. The van der Waals surface area contributed by atoms with Crippen molar-refractivity contribution in [3.8, 4) is 0 Å². The highest BCUT2D eigenvalue weighted by atomic mass is 32.1. The fourth-order valence-corrected chi connectivity index (χ4v) is 2.67. The molecule has 5 nitrogen and oxygen atoms in total. The molecule has 0 saturated carbocycles. The summed E-state index contributed by atoms with van der Waals surface area (Å²) in [5, 5.41) is 13.0. The standard InChI is InChI=1S/C11H10N2O3S/c14-11(15)10-8-4-16-9(3-13(8)6-12-10)7-1-2-17-5-7/h1-2,5-6,9H,3-4H2,(H,14,15)/t9-/m1/s1. The molecule has 0 fully saturated rings. The van der Waals surface area contributed by atoms with E-state index in [0.717, 1.165) is 5.56 Å². The predicted molar refractivity (Wildman–Crippen MR) is 61.0 cm³/mol. The smallest absolute Gasteiger partial charge is 0.356 e. The fraction of sp³-hybridized carbons (Fsp3) is 0.273. The van der Waals surface area contributed by atoms with Crippen LogP contribution in [0.5, 0.6) is 0 Å². The van der Waals surface area contributed by atoms with E-state index in [-0.39, 0.29) is 11.8 Å². The molecule has 0 aliphatic carbocycles. The molecule has 0 bridgehead atoms. The molecule has 0 amide bonds. The molecule has 0 saturated heterocycles. The van der Waals surface area contributed by atoms with Crippen molar-refractivity contribution >= 4 is 17.3 Å². The van der Waals surface area contributed by atoms with Gasteiger partial charge < -0.3 is 14.4 Å². The normalized spacial score (nSPS) is 18.9. The minimum Gasteiger partial charge on any atom is -0.476 e. The van der Waals surface area contributed by atoms with Gasteiger partial charge in [-0.15, -0.1) is 0 Å². The number of hydrogen-bond acceptors (Lipinski definition) is 4. The highest BCUT2D eigenvalue weighted by Crippen LogP contribution is 2.28. The summed E-state index contributed by atoms with van der Waals surface area (Å²) in [5.41, 5.74) is 1.86. The molecule has 3 rings (SSSR count). The molecular weight excluding hydrogens is 240 g/mol. The van der Waals surface area contributed by atoms with Gasteiger partial charge in [-0.2, -0.15) is 11.3 Å². The summed E-state index contributed by atoms with van der Waals surface area (Å²) in [5.74, 6) is -1.00. The third kappa shape index (κ3) is 1.75. The Morgan fingerprint density at radius 3 is 3.24 bits per heavy atom. The first-order valence-electron chi connectivity index (χ1n) is 5.16. The van der Waals surface area contributed by atoms with Crippen molar-refractivity contribution in [1.29, 1.82) is 0 Å². The van der Waals surface area contributed by atoms with Crippen molar-refractivity contribution in [3.05, 3.63) is 40.1 Å². The lowest BCUT2D eigenvalue weighted by Gasteiger charge is -2.24. The van der Waals surface area contributed by atoms with Crippen molar-refractivity contribution in [2.75, 3.05) is 0 Å². The van der Waals surface area contributed by atoms with E-state index in [4.69, 9.17) is 9.84 Å². The van der Waals surface area contributed by atoms with Gasteiger partial charge in [-0.1, -0.05) is 0 Å². The van der Waals surface area contributed by atoms with Crippen LogP contribution in [-0.2, 0) is 17.9 Å². The molecule has 0 radical (unpaired) electrons. The molecule has 1 N–H and O–H groups in total. The van der Waals surface area contributed by atoms with Gasteiger partial charge in [-0.3, -0.25) is 0 Å². The van der Waals surface area contributed by atoms with Gasteiger partial charge >= 0.3 is 5.97 Å². The zero-order valence-electron chi connectivity index (χ0n) is 8.87. The van der Waals surface area contributed by atoms with Crippen molar-refractivity contribution < 1.29 is 14.6 Å². The molecule has 1 aliphatic rings. The molecule has 0 spiro atoms. The average Bonchev–Trinajstić information content (AvgIpc) is 2.97. The minimum atomic E-state index is -1.00. The molecule has 17 heavy (non-hydrogen) atoms. The number of hydrogen-bond donors (Lipinski definition) is 1. The first kappa shape index (κ1) is 10.5. The SMILES string of the molecule is O=C(O)c1ncn2c1CO[C@@H](c1ccsc1)C2. The summed E-state index contributed by atoms with van der Waals surface area (Å²) in [6, 6.07) is 2.02. The quantitative estimate of drug-likeness (QED) is 0.884. The highest BCUT2D eigenvalue weighted by molar-refractivity contribution is 7.07. The number of ether oxygens (including phenoxy) is 1. The third-order valence-electron chi connectivity index (χ3n) is 2.85. The molecule has 0 aromatic carbocycles. The van der Waals surface area contributed by atoms with E-state index in [0.29, 0.717) is 18.8 Å². The topological polar surface area (TPSA) is 64.3 Å². The van der Waals surface area contributed by atoms with Crippen molar-refractivity contribution in [3.63, 3.8) is 0 Å². The Bertz CT molecular complexity index is 547. The van der Waals surface area contributed by atoms with E-state index in [1.54, 1.807) is 17.7 Å². The first-order valence-corrected chi connectivity index (χ1v) is 6.11. The van der Waals surface area contributed by atoms with Gasteiger partial charge in [0.05, 0.1) is 25.2 Å². The van der Waals surface area contributed by atoms with Crippen molar-refractivity contribution in [2.24, 2.45) is 0 Å². The lowest BCUT2D eigenvalue weighted by Crippen LogP contribution is -2.21. The van der Waals surface area contributed by atoms with Gasteiger partial charge in [0.2, 0.25) is 0 Å². The van der Waals surface area contributed by atoms with E-state index in [1.807, 2.05) is 21.4 Å². The number of rotatable bonds is 2. The largest absolute Gasteiger partial charge is 0.476 e. The first-order chi connectivity index (χ1) is 8.25. The zero-order valence-corrected chi connectivity index (χ0v) is 9.68. The minimum absolute atomic E-state index is 0.00963. The second kappa shape index (κ2) is 3.97. The Kier molecular flexibility index (Phi) is 2.45. The summed E-state index contributed by atoms with van der Waals surface area (Å²) in [4.78, 5) is 14.8. The van der Waals surface area contributed by atoms with Crippen LogP contribution in [0.2, 0.25) is 0 Å². The number of fused-ring (bicyclic) bond motifs is 1. The predicted octanol–water partition coefficient (Wildman–Crippen LogP) is 1.91. The number of thiophene rings is 1. The number of carboxylic acid groups (broad SMARTS) is 1. The maximum Gasteiger partial charge on any atom is 0.356 e. The molecular formula is C11H10N2O3S. The van der Waals surface area contributed by atoms with Gasteiger partial charge in [0.1, 0.15) is 6.10 Å². The Balaban J connectivity index is 1.89. The van der Waals surface area contributed by atoms with Crippen molar-refractivity contribution in [1.82, 2.24) is 9.55 Å². The third-order valence-corrected chi connectivity index (χ3v) is 3.55. The fourth-order valence-electron chi connectivity index (χ4n) is 1.97. The molecule has 6 heteroatoms. The van der Waals surface area contributed by atoms with Crippen LogP contribution in [0.25, 0.3) is 0 Å². The second-order valence-corrected chi connectivity index (χ2v) is 4.63. The number of carboxylic acids is 1. The lowest BCUT2D eigenvalue weighted by molar-refractivity contribution is 0.00245. The summed E-state index contributed by atoms with van der Waals surface area (Å²) in [6.07, 6.45) is 1.56. The number of imidazole rings is 1. The van der Waals surface area contributed by atoms with Crippen molar-refractivity contribution in [2.45, 2.75) is 19.3 Å². The highest BCUT2D eigenvalue weighted by Gasteiger charge is 2.25. The van der Waals surface area contributed by atoms with Gasteiger partial charge in [0.15, 0.2) is 5.69 Å². The maximum atomic E-state index is 10.9. The number of aromatic nitrogens is 2. The van der Waals surface area contributed by atoms with E-state index < -0.39 is 5.97 Å². The molecule has 1 atom stereocenters. The molecule has 2 aromatic heterocycles. The van der Waals surface area contributed by atoms with Crippen LogP contribution >= 0.6 is 11.3 Å². The monoisotopic (exact) mass is 250 g/mol. The Hall–Kier alpha value is -1.66. The van der Waals surface area contributed by atoms with E-state index in [1.165, 1.54) is 0 Å². The number of carbonyl (C=O) groups is 1. The van der Waals surface area contributed by atoms with Crippen LogP contribution in [-0.4, -0.2) is 20.6 Å². The summed E-state index contributed by atoms with van der Waals surface area (Å²) >= 11 is 1.63. The van der Waals surface area contributed by atoms with Crippen LogP contribution in [0.15, 0.2) is 23.2 Å². The molecule has 2 aromatic rings. The zero-order chi connectivity index (χ0) is 11.8. The van der Waals surface area contributed by atoms with Gasteiger partial charge in [0.25, 0.3) is 0 Å². The lowest BCUT2D eigenvalue weighted by atomic mass is 10.1. The van der Waals surface area contributed by atoms with Gasteiger partial charge in [-0.05, 0) is 22.4 Å². The molecule has 3 heterocycles. The Labute approximate surface area is 101 Å². The Morgan fingerprint density at radius 1 is 1.65 bits per heavy atom. The van der Waals surface area contributed by atoms with E-state index >= 15 is 0 Å². The van der Waals surface area contributed by atoms with E-state index in [9.17, 15) is 4.79 Å². The molecule has 1 aliphatic heterocycles. The van der Waals surface area contributed by atoms with Crippen LogP contribution in [0.1, 0.15) is 27.8 Å². The van der Waals surface area contributed by atoms with Crippen LogP contribution in [0.3, 0.4) is 0 Å². The van der Waals surface area contributed by atoms with Crippen LogP contribution < -0.4 is 0 Å². The van der Waals surface area contributed by atoms with Crippen LogP contribution in [0.4, 0.5) is 0 Å². The van der Waals surface area contributed by atoms with Gasteiger partial charge in [0, 0.05) is 0 Å². The van der Waals surface area contributed by atoms with Crippen LogP contribution in [0, 0.1) is 0 Å². The molecule has 0 unspecified atom stereocenters. The van der Waals surface area contributed by atoms with E-state index in [2.05, 4.69) is 4.98 Å². The summed E-state index contributed by atoms with van der Waals surface area (Å²) < 4.78 is 7.54.